The number of nitrogens with zero attached hydrogens (tertiary/aromatic N) is 3. The monoisotopic (exact) mass is 228 g/mol. The summed E-state index contributed by atoms with van der Waals surface area (Å²) in [6.07, 6.45) is 0. The lowest BCUT2D eigenvalue weighted by molar-refractivity contribution is 0.517. The van der Waals surface area contributed by atoms with Crippen LogP contribution in [0.15, 0.2) is 5.51 Å². The Morgan fingerprint density at radius 2 is 2.17 bits per heavy atom. The Labute approximate surface area is 87.0 Å². The number of aromatic nitrogens is 2. The van der Waals surface area contributed by atoms with Crippen molar-refractivity contribution in [2.24, 2.45) is 5.73 Å². The molecule has 7 heteroatoms. The summed E-state index contributed by atoms with van der Waals surface area (Å²) < 4.78 is 0. The molecule has 12 heavy (non-hydrogen) atoms. The number of hydrogen-bond donors (Lipinski definition) is 1. The van der Waals surface area contributed by atoms with Crippen molar-refractivity contribution < 1.29 is 0 Å². The fourth-order valence-corrected chi connectivity index (χ4v) is 1.55. The van der Waals surface area contributed by atoms with Gasteiger partial charge in [-0.25, -0.2) is 0 Å². The van der Waals surface area contributed by atoms with E-state index in [-0.39, 0.29) is 24.8 Å². The van der Waals surface area contributed by atoms with Crippen LogP contribution in [0.3, 0.4) is 0 Å². The van der Waals surface area contributed by atoms with E-state index in [0.29, 0.717) is 6.04 Å². The molecule has 1 aliphatic rings. The molecular weight excluding hydrogens is 219 g/mol. The number of nitrogens with two attached hydrogens (primary N) is 1. The molecule has 2 heterocycles. The van der Waals surface area contributed by atoms with Gasteiger partial charge in [0.1, 0.15) is 5.51 Å². The van der Waals surface area contributed by atoms with Gasteiger partial charge in [-0.2, -0.15) is 0 Å². The molecule has 1 aromatic heterocycles. The van der Waals surface area contributed by atoms with E-state index in [1.54, 1.807) is 16.8 Å². The third kappa shape index (κ3) is 2.20. The molecule has 2 rings (SSSR count). The molecule has 0 radical (unpaired) electrons. The molecule has 1 aromatic rings. The Kier molecular flexibility index (Phi) is 4.77. The van der Waals surface area contributed by atoms with Gasteiger partial charge in [-0.3, -0.25) is 0 Å². The van der Waals surface area contributed by atoms with E-state index in [9.17, 15) is 0 Å². The summed E-state index contributed by atoms with van der Waals surface area (Å²) in [4.78, 5) is 2.13. The van der Waals surface area contributed by atoms with Gasteiger partial charge in [0.15, 0.2) is 0 Å². The van der Waals surface area contributed by atoms with Crippen LogP contribution in [-0.2, 0) is 0 Å². The van der Waals surface area contributed by atoms with Crippen molar-refractivity contribution in [2.45, 2.75) is 6.04 Å². The van der Waals surface area contributed by atoms with Gasteiger partial charge in [0.25, 0.3) is 0 Å². The van der Waals surface area contributed by atoms with Gasteiger partial charge in [0.05, 0.1) is 0 Å². The topological polar surface area (TPSA) is 55.0 Å². The Morgan fingerprint density at radius 3 is 2.58 bits per heavy atom. The minimum atomic E-state index is 0. The molecule has 0 amide bonds. The Morgan fingerprint density at radius 1 is 1.50 bits per heavy atom. The number of halogens is 2. The molecule has 1 aliphatic heterocycles. The molecule has 0 unspecified atom stereocenters. The van der Waals surface area contributed by atoms with E-state index >= 15 is 0 Å². The summed E-state index contributed by atoms with van der Waals surface area (Å²) >= 11 is 1.56. The van der Waals surface area contributed by atoms with Crippen molar-refractivity contribution in [1.82, 2.24) is 10.2 Å². The van der Waals surface area contributed by atoms with E-state index in [1.165, 1.54) is 0 Å². The molecule has 1 saturated heterocycles. The molecule has 2 N–H and O–H groups in total. The minimum Gasteiger partial charge on any atom is -0.343 e. The molecule has 0 bridgehead atoms. The first kappa shape index (κ1) is 11.9. The second-order valence-corrected chi connectivity index (χ2v) is 3.20. The average Bonchev–Trinajstić information content (AvgIpc) is 2.31. The van der Waals surface area contributed by atoms with Crippen LogP contribution in [0.2, 0.25) is 0 Å². The number of rotatable bonds is 1. The smallest absolute Gasteiger partial charge is 0.208 e. The molecule has 0 spiro atoms. The zero-order valence-electron chi connectivity index (χ0n) is 6.21. The minimum absolute atomic E-state index is 0. The fourth-order valence-electron chi connectivity index (χ4n) is 0.974. The molecule has 1 fully saturated rings. The third-order valence-electron chi connectivity index (χ3n) is 1.53. The maximum Gasteiger partial charge on any atom is 0.208 e. The molecule has 0 aromatic carbocycles. The van der Waals surface area contributed by atoms with Crippen molar-refractivity contribution in [3.05, 3.63) is 5.51 Å². The van der Waals surface area contributed by atoms with Gasteiger partial charge in [0, 0.05) is 19.1 Å². The van der Waals surface area contributed by atoms with Crippen LogP contribution < -0.4 is 10.6 Å². The van der Waals surface area contributed by atoms with Crippen LogP contribution in [0.4, 0.5) is 5.13 Å². The van der Waals surface area contributed by atoms with Gasteiger partial charge in [-0.15, -0.1) is 35.0 Å². The zero-order valence-corrected chi connectivity index (χ0v) is 8.66. The normalized spacial score (nSPS) is 15.9. The average molecular weight is 229 g/mol. The van der Waals surface area contributed by atoms with Gasteiger partial charge in [-0.05, 0) is 0 Å². The van der Waals surface area contributed by atoms with Crippen LogP contribution >= 0.6 is 36.2 Å². The third-order valence-corrected chi connectivity index (χ3v) is 2.28. The van der Waals surface area contributed by atoms with Gasteiger partial charge >= 0.3 is 0 Å². The van der Waals surface area contributed by atoms with Crippen molar-refractivity contribution in [2.75, 3.05) is 18.0 Å². The van der Waals surface area contributed by atoms with Gasteiger partial charge in [-0.1, -0.05) is 11.3 Å². The first-order valence-electron chi connectivity index (χ1n) is 3.13. The fraction of sp³-hybridized carbons (Fsp3) is 0.600. The summed E-state index contributed by atoms with van der Waals surface area (Å²) in [6.45, 7) is 1.85. The first-order valence-corrected chi connectivity index (χ1v) is 4.01. The second-order valence-electron chi connectivity index (χ2n) is 2.39. The van der Waals surface area contributed by atoms with Crippen LogP contribution in [-0.4, -0.2) is 29.3 Å². The molecule has 0 saturated carbocycles. The van der Waals surface area contributed by atoms with Crippen molar-refractivity contribution in [3.63, 3.8) is 0 Å². The predicted molar refractivity (Wildman–Crippen MR) is 54.6 cm³/mol. The Balaban J connectivity index is 0.000000605. The van der Waals surface area contributed by atoms with E-state index < -0.39 is 0 Å². The highest BCUT2D eigenvalue weighted by molar-refractivity contribution is 7.13. The van der Waals surface area contributed by atoms with E-state index in [2.05, 4.69) is 15.1 Å². The second kappa shape index (κ2) is 4.81. The van der Waals surface area contributed by atoms with Crippen LogP contribution in [0, 0.1) is 0 Å². The summed E-state index contributed by atoms with van der Waals surface area (Å²) in [6, 6.07) is 0.337. The van der Waals surface area contributed by atoms with Crippen molar-refractivity contribution in [1.29, 1.82) is 0 Å². The van der Waals surface area contributed by atoms with Crippen LogP contribution in [0.1, 0.15) is 0 Å². The molecule has 70 valence electrons. The maximum atomic E-state index is 5.59. The zero-order chi connectivity index (χ0) is 6.97. The lowest BCUT2D eigenvalue weighted by Crippen LogP contribution is -2.55. The highest BCUT2D eigenvalue weighted by atomic mass is 35.5. The number of hydrogen-bond acceptors (Lipinski definition) is 5. The standard InChI is InChI=1S/C5H8N4S.2ClH/c6-4-1-9(2-4)5-8-7-3-10-5;;/h3-4H,1-2,6H2;2*1H. The van der Waals surface area contributed by atoms with Crippen LogP contribution in [0.5, 0.6) is 0 Å². The first-order chi connectivity index (χ1) is 4.86. The van der Waals surface area contributed by atoms with E-state index in [1.807, 2.05) is 0 Å². The maximum absolute atomic E-state index is 5.59. The lowest BCUT2D eigenvalue weighted by Gasteiger charge is -2.35. The van der Waals surface area contributed by atoms with E-state index in [0.717, 1.165) is 18.2 Å². The summed E-state index contributed by atoms with van der Waals surface area (Å²) in [5, 5.41) is 8.64. The Bertz CT molecular complexity index is 211. The number of anilines is 1. The Hall–Kier alpha value is -0.100. The molecule has 0 atom stereocenters. The molecular formula is C5H10Cl2N4S. The summed E-state index contributed by atoms with van der Waals surface area (Å²) in [7, 11) is 0. The van der Waals surface area contributed by atoms with Gasteiger partial charge < -0.3 is 10.6 Å². The quantitative estimate of drug-likeness (QED) is 0.763. The molecule has 0 aliphatic carbocycles. The summed E-state index contributed by atoms with van der Waals surface area (Å²) in [5.74, 6) is 0. The summed E-state index contributed by atoms with van der Waals surface area (Å²) in [5.41, 5.74) is 7.33. The van der Waals surface area contributed by atoms with Crippen LogP contribution in [0.25, 0.3) is 0 Å². The SMILES string of the molecule is Cl.Cl.NC1CN(c2nncs2)C1. The van der Waals surface area contributed by atoms with Gasteiger partial charge in [0.2, 0.25) is 5.13 Å². The van der Waals surface area contributed by atoms with E-state index in [4.69, 9.17) is 5.73 Å². The highest BCUT2D eigenvalue weighted by Crippen LogP contribution is 2.20. The highest BCUT2D eigenvalue weighted by Gasteiger charge is 2.24. The lowest BCUT2D eigenvalue weighted by atomic mass is 10.1. The van der Waals surface area contributed by atoms with Crippen molar-refractivity contribution >= 4 is 41.3 Å². The predicted octanol–water partition coefficient (Wildman–Crippen LogP) is 0.529. The van der Waals surface area contributed by atoms with Crippen molar-refractivity contribution in [3.8, 4) is 0 Å². The largest absolute Gasteiger partial charge is 0.343 e. The molecule has 4 nitrogen and oxygen atoms in total.